The first kappa shape index (κ1) is 40.4. The molecule has 4 heterocycles. The van der Waals surface area contributed by atoms with Crippen LogP contribution in [0.2, 0.25) is 0 Å². The molecule has 4 N–H and O–H groups in total. The van der Waals surface area contributed by atoms with Gasteiger partial charge in [-0.1, -0.05) is 97.1 Å². The van der Waals surface area contributed by atoms with E-state index in [-0.39, 0.29) is 34.3 Å². The number of H-pyrrole nitrogens is 2. The van der Waals surface area contributed by atoms with E-state index in [0.29, 0.717) is 22.5 Å². The Morgan fingerprint density at radius 3 is 1.21 bits per heavy atom. The van der Waals surface area contributed by atoms with Crippen molar-refractivity contribution in [1.82, 2.24) is 40.5 Å². The van der Waals surface area contributed by atoms with Gasteiger partial charge in [-0.3, -0.25) is 29.1 Å². The van der Waals surface area contributed by atoms with E-state index in [1.54, 1.807) is 97.3 Å². The average Bonchev–Trinajstić information content (AvgIpc) is 3.31. The Morgan fingerprint density at radius 1 is 0.484 bits per heavy atom. The number of carbonyl (C=O) groups is 2. The molecule has 0 aliphatic rings. The fourth-order valence-electron chi connectivity index (χ4n) is 6.44. The SMILES string of the molecule is O=C(NC(c1ccccc1)c1ccc(O[P+](=O)Oc2ccc(C(NC(=O)c3cnc(-c4ccccn4)[nH]c3=O)c3ccccc3)cc2)cc1)c1cnc(-c2ccccn2)[nH]c1=O. The molecule has 4 aromatic heterocycles. The number of amides is 2. The van der Waals surface area contributed by atoms with E-state index in [4.69, 9.17) is 9.05 Å². The smallest absolute Gasteiger partial charge is 0.341 e. The molecule has 0 spiro atoms. The number of hydrogen-bond donors (Lipinski definition) is 4. The van der Waals surface area contributed by atoms with E-state index in [2.05, 4.69) is 40.5 Å². The van der Waals surface area contributed by atoms with Crippen LogP contribution in [0.1, 0.15) is 55.1 Å². The predicted molar refractivity (Wildman–Crippen MR) is 229 cm³/mol. The molecule has 8 rings (SSSR count). The summed E-state index contributed by atoms with van der Waals surface area (Å²) in [6.07, 6.45) is 5.58. The lowest BCUT2D eigenvalue weighted by Gasteiger charge is -2.20. The maximum Gasteiger partial charge on any atom is 0.805 e. The van der Waals surface area contributed by atoms with Gasteiger partial charge in [-0.25, -0.2) is 19.0 Å². The van der Waals surface area contributed by atoms with Crippen LogP contribution >= 0.6 is 8.25 Å². The number of nitrogens with zero attached hydrogens (tertiary/aromatic N) is 4. The van der Waals surface area contributed by atoms with Crippen LogP contribution in [0.15, 0.2) is 180 Å². The minimum Gasteiger partial charge on any atom is -0.341 e. The Balaban J connectivity index is 0.930. The molecule has 2 unspecified atom stereocenters. The van der Waals surface area contributed by atoms with Gasteiger partial charge in [-0.15, -0.1) is 0 Å². The van der Waals surface area contributed by atoms with Crippen molar-refractivity contribution >= 4 is 20.1 Å². The number of rotatable bonds is 14. The third-order valence-corrected chi connectivity index (χ3v) is 10.2. The lowest BCUT2D eigenvalue weighted by atomic mass is 9.98. The zero-order chi connectivity index (χ0) is 42.8. The summed E-state index contributed by atoms with van der Waals surface area (Å²) in [5.41, 5.74) is 2.13. The van der Waals surface area contributed by atoms with Gasteiger partial charge < -0.3 is 20.6 Å². The van der Waals surface area contributed by atoms with Crippen LogP contribution in [-0.2, 0) is 4.57 Å². The van der Waals surface area contributed by atoms with Gasteiger partial charge in [0.1, 0.15) is 22.5 Å². The number of hydrogen-bond acceptors (Lipinski definition) is 11. The number of aromatic nitrogens is 6. The van der Waals surface area contributed by atoms with Gasteiger partial charge in [-0.05, 0) is 70.8 Å². The fraction of sp³-hybridized carbons (Fsp3) is 0.0435. The molecule has 0 saturated heterocycles. The van der Waals surface area contributed by atoms with Gasteiger partial charge in [-0.2, -0.15) is 0 Å². The first-order valence-electron chi connectivity index (χ1n) is 19.1. The van der Waals surface area contributed by atoms with E-state index in [9.17, 15) is 23.7 Å². The first-order valence-corrected chi connectivity index (χ1v) is 20.1. The Kier molecular flexibility index (Phi) is 12.1. The highest BCUT2D eigenvalue weighted by atomic mass is 31.1. The number of pyridine rings is 2. The van der Waals surface area contributed by atoms with Crippen LogP contribution in [-0.4, -0.2) is 41.7 Å². The van der Waals surface area contributed by atoms with Crippen LogP contribution in [0.3, 0.4) is 0 Å². The molecule has 8 aromatic rings. The topological polar surface area (TPSA) is 211 Å². The average molecular weight is 842 g/mol. The molecule has 304 valence electrons. The molecular weight excluding hydrogens is 808 g/mol. The zero-order valence-electron chi connectivity index (χ0n) is 32.4. The molecule has 4 aromatic carbocycles. The summed E-state index contributed by atoms with van der Waals surface area (Å²) in [4.78, 5) is 75.0. The van der Waals surface area contributed by atoms with Gasteiger partial charge >= 0.3 is 8.25 Å². The largest absolute Gasteiger partial charge is 0.805 e. The van der Waals surface area contributed by atoms with Crippen LogP contribution < -0.4 is 30.8 Å². The summed E-state index contributed by atoms with van der Waals surface area (Å²) in [7, 11) is -2.69. The van der Waals surface area contributed by atoms with Crippen molar-refractivity contribution < 1.29 is 23.2 Å². The second-order valence-electron chi connectivity index (χ2n) is 13.6. The highest BCUT2D eigenvalue weighted by Gasteiger charge is 2.27. The van der Waals surface area contributed by atoms with Crippen LogP contribution in [0, 0.1) is 0 Å². The molecule has 0 aliphatic heterocycles. The Bertz CT molecular complexity index is 2760. The quantitative estimate of drug-likeness (QED) is 0.0809. The van der Waals surface area contributed by atoms with Crippen molar-refractivity contribution in [2.24, 2.45) is 0 Å². The molecular formula is C46H34N8O7P+. The van der Waals surface area contributed by atoms with Gasteiger partial charge in [0.15, 0.2) is 23.1 Å². The van der Waals surface area contributed by atoms with E-state index in [0.717, 1.165) is 11.1 Å². The van der Waals surface area contributed by atoms with E-state index >= 15 is 0 Å². The molecule has 2 amide bonds. The van der Waals surface area contributed by atoms with Gasteiger partial charge in [0.25, 0.3) is 22.9 Å². The van der Waals surface area contributed by atoms with Gasteiger partial charge in [0, 0.05) is 29.4 Å². The lowest BCUT2D eigenvalue weighted by Crippen LogP contribution is -2.33. The second-order valence-corrected chi connectivity index (χ2v) is 14.4. The van der Waals surface area contributed by atoms with Crippen molar-refractivity contribution in [3.05, 3.63) is 224 Å². The molecule has 16 heteroatoms. The Labute approximate surface area is 353 Å². The minimum absolute atomic E-state index is 0.176. The third-order valence-electron chi connectivity index (χ3n) is 9.51. The monoisotopic (exact) mass is 841 g/mol. The van der Waals surface area contributed by atoms with Crippen LogP contribution in [0.5, 0.6) is 11.5 Å². The van der Waals surface area contributed by atoms with Gasteiger partial charge in [0.05, 0.1) is 12.1 Å². The predicted octanol–water partition coefficient (Wildman–Crippen LogP) is 7.13. The van der Waals surface area contributed by atoms with Crippen molar-refractivity contribution in [2.75, 3.05) is 0 Å². The van der Waals surface area contributed by atoms with Crippen LogP contribution in [0.4, 0.5) is 0 Å². The number of carbonyl (C=O) groups excluding carboxylic acids is 2. The summed E-state index contributed by atoms with van der Waals surface area (Å²) in [6.45, 7) is 0. The summed E-state index contributed by atoms with van der Waals surface area (Å²) in [6, 6.07) is 40.6. The molecule has 2 atom stereocenters. The summed E-state index contributed by atoms with van der Waals surface area (Å²) < 4.78 is 24.3. The Hall–Kier alpha value is -8.42. The van der Waals surface area contributed by atoms with E-state index in [1.807, 2.05) is 60.7 Å². The van der Waals surface area contributed by atoms with Gasteiger partial charge in [0.2, 0.25) is 0 Å². The standard InChI is InChI=1S/C46H33N8O7P/c55-43(35-27-49-41(53-45(35)57)37-15-7-9-25-47-37)51-39(29-11-3-1-4-12-29)31-17-21-33(22-18-31)60-62(59)61-34-23-19-32(20-24-34)40(30-13-5-2-6-14-30)52-44(56)36-28-50-42(54-46(36)58)38-16-8-10-26-48-38/h1-28,39-40H,(H3-,49,50,51,52,53,54,55,56,57,58)/p+1. The normalized spacial score (nSPS) is 12.0. The maximum atomic E-state index is 13.5. The van der Waals surface area contributed by atoms with E-state index < -0.39 is 43.3 Å². The summed E-state index contributed by atoms with van der Waals surface area (Å²) in [5, 5.41) is 5.86. The number of nitrogens with one attached hydrogen (secondary N) is 4. The number of benzene rings is 4. The summed E-state index contributed by atoms with van der Waals surface area (Å²) in [5.74, 6) is -0.339. The molecule has 15 nitrogen and oxygen atoms in total. The van der Waals surface area contributed by atoms with Crippen LogP contribution in [0.25, 0.3) is 23.0 Å². The van der Waals surface area contributed by atoms with E-state index in [1.165, 1.54) is 12.4 Å². The third kappa shape index (κ3) is 9.54. The Morgan fingerprint density at radius 2 is 0.855 bits per heavy atom. The highest BCUT2D eigenvalue weighted by molar-refractivity contribution is 7.34. The van der Waals surface area contributed by atoms with Crippen molar-refractivity contribution in [3.8, 4) is 34.5 Å². The maximum absolute atomic E-state index is 13.5. The molecule has 62 heavy (non-hydrogen) atoms. The van der Waals surface area contributed by atoms with Crippen molar-refractivity contribution in [3.63, 3.8) is 0 Å². The zero-order valence-corrected chi connectivity index (χ0v) is 33.3. The second kappa shape index (κ2) is 18.7. The van der Waals surface area contributed by atoms with Crippen molar-refractivity contribution in [2.45, 2.75) is 12.1 Å². The molecule has 0 fully saturated rings. The molecule has 0 saturated carbocycles. The summed E-state index contributed by atoms with van der Waals surface area (Å²) >= 11 is 0. The molecule has 0 radical (unpaired) electrons. The first-order chi connectivity index (χ1) is 30.3. The fourth-order valence-corrected chi connectivity index (χ4v) is 7.06. The molecule has 0 aliphatic carbocycles. The number of aromatic amines is 2. The minimum atomic E-state index is -2.69. The lowest BCUT2D eigenvalue weighted by molar-refractivity contribution is 0.0932. The highest BCUT2D eigenvalue weighted by Crippen LogP contribution is 2.33. The molecule has 0 bridgehead atoms. The van der Waals surface area contributed by atoms with Crippen molar-refractivity contribution in [1.29, 1.82) is 0 Å².